The second-order valence-corrected chi connectivity index (χ2v) is 8.56. The molecule has 1 aromatic carbocycles. The Labute approximate surface area is 187 Å². The highest BCUT2D eigenvalue weighted by Crippen LogP contribution is 2.12. The van der Waals surface area contributed by atoms with Crippen molar-refractivity contribution in [2.45, 2.75) is 45.4 Å². The van der Waals surface area contributed by atoms with Crippen molar-refractivity contribution in [3.63, 3.8) is 0 Å². The van der Waals surface area contributed by atoms with Gasteiger partial charge in [0.15, 0.2) is 5.96 Å². The Bertz CT molecular complexity index is 690. The number of carbonyl (C=O) groups excluding carboxylic acids is 1. The Morgan fingerprint density at radius 2 is 1.65 bits per heavy atom. The first-order chi connectivity index (χ1) is 15.2. The molecule has 31 heavy (non-hydrogen) atoms. The van der Waals surface area contributed by atoms with Gasteiger partial charge in [-0.25, -0.2) is 0 Å². The van der Waals surface area contributed by atoms with Gasteiger partial charge in [0.1, 0.15) is 5.75 Å². The van der Waals surface area contributed by atoms with Gasteiger partial charge >= 0.3 is 0 Å². The molecule has 0 aliphatic carbocycles. The molecule has 7 nitrogen and oxygen atoms in total. The molecule has 2 aliphatic heterocycles. The molecule has 0 unspecified atom stereocenters. The third kappa shape index (κ3) is 7.73. The lowest BCUT2D eigenvalue weighted by Gasteiger charge is -2.37. The molecule has 0 bridgehead atoms. The van der Waals surface area contributed by atoms with Crippen LogP contribution < -0.4 is 5.32 Å². The van der Waals surface area contributed by atoms with Crippen LogP contribution in [0.3, 0.4) is 0 Å². The van der Waals surface area contributed by atoms with Crippen molar-refractivity contribution < 1.29 is 9.90 Å². The van der Waals surface area contributed by atoms with E-state index in [4.69, 9.17) is 4.99 Å². The van der Waals surface area contributed by atoms with Crippen LogP contribution in [-0.4, -0.2) is 90.6 Å². The standard InChI is InChI=1S/C24H39N5O2/c1-2-25-24(26-13-7-8-21-9-11-22(30)12-10-21)29-18-16-27(17-19-29)20-23(31)28-14-5-3-4-6-15-28/h9-12,30H,2-8,13-20H2,1H3,(H,25,26). The highest BCUT2D eigenvalue weighted by atomic mass is 16.3. The monoisotopic (exact) mass is 429 g/mol. The number of aromatic hydroxyl groups is 1. The predicted molar refractivity (Wildman–Crippen MR) is 125 cm³/mol. The number of hydrogen-bond donors (Lipinski definition) is 2. The maximum atomic E-state index is 12.7. The predicted octanol–water partition coefficient (Wildman–Crippen LogP) is 2.31. The van der Waals surface area contributed by atoms with Crippen molar-refractivity contribution >= 4 is 11.9 Å². The molecule has 2 heterocycles. The van der Waals surface area contributed by atoms with Crippen LogP contribution in [0.1, 0.15) is 44.6 Å². The van der Waals surface area contributed by atoms with Crippen LogP contribution in [0.4, 0.5) is 0 Å². The first kappa shape index (κ1) is 23.4. The van der Waals surface area contributed by atoms with Crippen LogP contribution in [0.5, 0.6) is 5.75 Å². The molecule has 3 rings (SSSR count). The number of nitrogens with one attached hydrogen (secondary N) is 1. The fourth-order valence-electron chi connectivity index (χ4n) is 4.29. The maximum Gasteiger partial charge on any atom is 0.236 e. The van der Waals surface area contributed by atoms with Gasteiger partial charge in [0.05, 0.1) is 6.54 Å². The fraction of sp³-hybridized carbons (Fsp3) is 0.667. The van der Waals surface area contributed by atoms with E-state index < -0.39 is 0 Å². The van der Waals surface area contributed by atoms with Crippen LogP contribution in [0, 0.1) is 0 Å². The minimum absolute atomic E-state index is 0.296. The Morgan fingerprint density at radius 1 is 0.968 bits per heavy atom. The van der Waals surface area contributed by atoms with Crippen LogP contribution in [0.25, 0.3) is 0 Å². The second-order valence-electron chi connectivity index (χ2n) is 8.56. The molecule has 0 aromatic heterocycles. The number of phenols is 1. The van der Waals surface area contributed by atoms with E-state index in [0.29, 0.717) is 18.2 Å². The molecule has 1 amide bonds. The van der Waals surface area contributed by atoms with Gasteiger partial charge in [0.2, 0.25) is 5.91 Å². The zero-order chi connectivity index (χ0) is 21.9. The molecule has 1 aromatic rings. The van der Waals surface area contributed by atoms with Crippen molar-refractivity contribution in [2.75, 3.05) is 58.9 Å². The molecule has 2 N–H and O–H groups in total. The van der Waals surface area contributed by atoms with E-state index in [-0.39, 0.29) is 0 Å². The molecule has 7 heteroatoms. The third-order valence-electron chi connectivity index (χ3n) is 6.15. The average Bonchev–Trinajstić information content (AvgIpc) is 3.07. The maximum absolute atomic E-state index is 12.7. The molecule has 0 saturated carbocycles. The van der Waals surface area contributed by atoms with E-state index in [0.717, 1.165) is 84.0 Å². The smallest absolute Gasteiger partial charge is 0.236 e. The summed E-state index contributed by atoms with van der Waals surface area (Å²) in [4.78, 5) is 24.2. The molecular formula is C24H39N5O2. The van der Waals surface area contributed by atoms with Gasteiger partial charge in [-0.1, -0.05) is 25.0 Å². The number of nitrogens with zero attached hydrogens (tertiary/aromatic N) is 4. The number of phenolic OH excluding ortho intramolecular Hbond substituents is 1. The first-order valence-corrected chi connectivity index (χ1v) is 12.0. The average molecular weight is 430 g/mol. The SMILES string of the molecule is CCNC(=NCCCc1ccc(O)cc1)N1CCN(CC(=O)N2CCCCCC2)CC1. The molecular weight excluding hydrogens is 390 g/mol. The van der Waals surface area contributed by atoms with Crippen LogP contribution in [0.15, 0.2) is 29.3 Å². The zero-order valence-corrected chi connectivity index (χ0v) is 19.1. The fourth-order valence-corrected chi connectivity index (χ4v) is 4.29. The number of benzene rings is 1. The molecule has 2 saturated heterocycles. The van der Waals surface area contributed by atoms with Crippen molar-refractivity contribution in [2.24, 2.45) is 4.99 Å². The van der Waals surface area contributed by atoms with Gasteiger partial charge in [-0.15, -0.1) is 0 Å². The quantitative estimate of drug-likeness (QED) is 0.395. The van der Waals surface area contributed by atoms with Crippen molar-refractivity contribution in [1.29, 1.82) is 0 Å². The summed E-state index contributed by atoms with van der Waals surface area (Å²) >= 11 is 0. The Hall–Kier alpha value is -2.28. The van der Waals surface area contributed by atoms with Gasteiger partial charge in [-0.2, -0.15) is 0 Å². The van der Waals surface area contributed by atoms with Gasteiger partial charge in [0, 0.05) is 52.4 Å². The number of amides is 1. The summed E-state index contributed by atoms with van der Waals surface area (Å²) in [7, 11) is 0. The van der Waals surface area contributed by atoms with Gasteiger partial charge < -0.3 is 20.2 Å². The molecule has 0 radical (unpaired) electrons. The minimum atomic E-state index is 0.296. The Morgan fingerprint density at radius 3 is 2.29 bits per heavy atom. The van der Waals surface area contributed by atoms with E-state index in [1.807, 2.05) is 12.1 Å². The summed E-state index contributed by atoms with van der Waals surface area (Å²) in [6.07, 6.45) is 6.73. The number of aryl methyl sites for hydroxylation is 1. The van der Waals surface area contributed by atoms with Crippen molar-refractivity contribution in [3.8, 4) is 5.75 Å². The van der Waals surface area contributed by atoms with Crippen LogP contribution in [-0.2, 0) is 11.2 Å². The summed E-state index contributed by atoms with van der Waals surface area (Å²) in [6.45, 7) is 9.74. The number of aliphatic imine (C=N–C) groups is 1. The van der Waals surface area contributed by atoms with E-state index in [2.05, 4.69) is 26.9 Å². The van der Waals surface area contributed by atoms with Gasteiger partial charge in [-0.3, -0.25) is 14.7 Å². The first-order valence-electron chi connectivity index (χ1n) is 12.0. The third-order valence-corrected chi connectivity index (χ3v) is 6.15. The molecule has 2 aliphatic rings. The van der Waals surface area contributed by atoms with Gasteiger partial charge in [0.25, 0.3) is 0 Å². The Balaban J connectivity index is 1.42. The molecule has 0 spiro atoms. The minimum Gasteiger partial charge on any atom is -0.508 e. The summed E-state index contributed by atoms with van der Waals surface area (Å²) < 4.78 is 0. The number of rotatable bonds is 7. The van der Waals surface area contributed by atoms with Crippen molar-refractivity contribution in [1.82, 2.24) is 20.0 Å². The summed E-state index contributed by atoms with van der Waals surface area (Å²) in [5.41, 5.74) is 1.22. The van der Waals surface area contributed by atoms with E-state index >= 15 is 0 Å². The number of carbonyl (C=O) groups is 1. The van der Waals surface area contributed by atoms with Gasteiger partial charge in [-0.05, 0) is 50.3 Å². The van der Waals surface area contributed by atoms with Crippen molar-refractivity contribution in [3.05, 3.63) is 29.8 Å². The Kier molecular flexibility index (Phi) is 9.46. The zero-order valence-electron chi connectivity index (χ0n) is 19.1. The highest BCUT2D eigenvalue weighted by molar-refractivity contribution is 5.80. The topological polar surface area (TPSA) is 71.4 Å². The van der Waals surface area contributed by atoms with Crippen LogP contribution in [0.2, 0.25) is 0 Å². The number of guanidine groups is 1. The number of likely N-dealkylation sites (tertiary alicyclic amines) is 1. The second kappa shape index (κ2) is 12.5. The summed E-state index contributed by atoms with van der Waals surface area (Å²) in [5.74, 6) is 1.58. The normalized spacial score (nSPS) is 18.7. The number of hydrogen-bond acceptors (Lipinski definition) is 4. The molecule has 172 valence electrons. The van der Waals surface area contributed by atoms with Crippen LogP contribution >= 0.6 is 0 Å². The molecule has 2 fully saturated rings. The van der Waals surface area contributed by atoms with E-state index in [1.54, 1.807) is 12.1 Å². The molecule has 0 atom stereocenters. The van der Waals surface area contributed by atoms with E-state index in [9.17, 15) is 9.90 Å². The number of piperazine rings is 1. The summed E-state index contributed by atoms with van der Waals surface area (Å²) in [6, 6.07) is 7.41. The summed E-state index contributed by atoms with van der Waals surface area (Å²) in [5, 5.41) is 12.8. The van der Waals surface area contributed by atoms with E-state index in [1.165, 1.54) is 18.4 Å². The lowest BCUT2D eigenvalue weighted by molar-refractivity contribution is -0.132. The largest absolute Gasteiger partial charge is 0.508 e. The lowest BCUT2D eigenvalue weighted by atomic mass is 10.1. The lowest BCUT2D eigenvalue weighted by Crippen LogP contribution is -2.54. The highest BCUT2D eigenvalue weighted by Gasteiger charge is 2.23.